The lowest BCUT2D eigenvalue weighted by Gasteiger charge is -2.00. The number of hydrogen-bond donors (Lipinski definition) is 0. The molecule has 0 saturated carbocycles. The maximum atomic E-state index is 11.0. The van der Waals surface area contributed by atoms with E-state index >= 15 is 0 Å². The highest BCUT2D eigenvalue weighted by Crippen LogP contribution is 2.08. The molecular formula is C14H24O4. The number of carbonyl (C=O) groups is 2. The van der Waals surface area contributed by atoms with E-state index in [1.54, 1.807) is 6.92 Å². The molecule has 0 N–H and O–H groups in total. The third-order valence-electron chi connectivity index (χ3n) is 2.52. The highest BCUT2D eigenvalue weighted by atomic mass is 16.5. The summed E-state index contributed by atoms with van der Waals surface area (Å²) < 4.78 is 9.33. The van der Waals surface area contributed by atoms with Gasteiger partial charge in [-0.25, -0.2) is 4.79 Å². The normalized spacial score (nSPS) is 10.6. The quantitative estimate of drug-likeness (QED) is 0.342. The van der Waals surface area contributed by atoms with Gasteiger partial charge >= 0.3 is 11.9 Å². The zero-order valence-corrected chi connectivity index (χ0v) is 11.4. The van der Waals surface area contributed by atoms with Crippen LogP contribution in [0.15, 0.2) is 12.2 Å². The zero-order valence-electron chi connectivity index (χ0n) is 11.4. The molecule has 0 aliphatic rings. The molecule has 0 atom stereocenters. The summed E-state index contributed by atoms with van der Waals surface area (Å²) in [5.41, 5.74) is 0. The molecule has 4 nitrogen and oxygen atoms in total. The van der Waals surface area contributed by atoms with E-state index in [0.717, 1.165) is 38.5 Å². The Morgan fingerprint density at radius 2 is 1.72 bits per heavy atom. The van der Waals surface area contributed by atoms with Crippen molar-refractivity contribution in [2.24, 2.45) is 0 Å². The van der Waals surface area contributed by atoms with Gasteiger partial charge in [-0.3, -0.25) is 4.79 Å². The molecule has 18 heavy (non-hydrogen) atoms. The maximum absolute atomic E-state index is 11.0. The predicted octanol–water partition coefficient (Wildman–Crippen LogP) is 3.01. The summed E-state index contributed by atoms with van der Waals surface area (Å²) in [6, 6.07) is 0. The van der Waals surface area contributed by atoms with Gasteiger partial charge in [0.2, 0.25) is 0 Å². The van der Waals surface area contributed by atoms with Crippen molar-refractivity contribution >= 4 is 11.9 Å². The number of methoxy groups -OCH3 is 1. The van der Waals surface area contributed by atoms with Crippen molar-refractivity contribution in [3.8, 4) is 0 Å². The molecule has 0 rings (SSSR count). The Kier molecular flexibility index (Phi) is 11.3. The largest absolute Gasteiger partial charge is 0.469 e. The van der Waals surface area contributed by atoms with Crippen molar-refractivity contribution in [3.05, 3.63) is 12.2 Å². The van der Waals surface area contributed by atoms with Crippen LogP contribution >= 0.6 is 0 Å². The van der Waals surface area contributed by atoms with Gasteiger partial charge in [-0.15, -0.1) is 0 Å². The Labute approximate surface area is 109 Å². The van der Waals surface area contributed by atoms with Crippen LogP contribution in [-0.2, 0) is 19.1 Å². The van der Waals surface area contributed by atoms with Crippen LogP contribution in [0.25, 0.3) is 0 Å². The monoisotopic (exact) mass is 256 g/mol. The van der Waals surface area contributed by atoms with Crippen LogP contribution in [0, 0.1) is 0 Å². The summed E-state index contributed by atoms with van der Waals surface area (Å²) in [7, 11) is 1.41. The van der Waals surface area contributed by atoms with E-state index in [0.29, 0.717) is 13.0 Å². The van der Waals surface area contributed by atoms with Crippen molar-refractivity contribution in [1.29, 1.82) is 0 Å². The van der Waals surface area contributed by atoms with E-state index in [4.69, 9.17) is 4.74 Å². The van der Waals surface area contributed by atoms with Crippen LogP contribution in [0.4, 0.5) is 0 Å². The minimum absolute atomic E-state index is 0.132. The molecule has 0 bridgehead atoms. The highest BCUT2D eigenvalue weighted by Gasteiger charge is 1.98. The second kappa shape index (κ2) is 12.1. The van der Waals surface area contributed by atoms with Gasteiger partial charge in [0, 0.05) is 12.5 Å². The Hall–Kier alpha value is -1.32. The zero-order chi connectivity index (χ0) is 13.6. The van der Waals surface area contributed by atoms with Gasteiger partial charge in [0.15, 0.2) is 0 Å². The smallest absolute Gasteiger partial charge is 0.330 e. The molecule has 0 aromatic rings. The first kappa shape index (κ1) is 16.7. The van der Waals surface area contributed by atoms with Gasteiger partial charge in [-0.1, -0.05) is 25.3 Å². The summed E-state index contributed by atoms with van der Waals surface area (Å²) in [5, 5.41) is 0. The van der Waals surface area contributed by atoms with E-state index < -0.39 is 0 Å². The average Bonchev–Trinajstić information content (AvgIpc) is 2.36. The van der Waals surface area contributed by atoms with Crippen molar-refractivity contribution in [1.82, 2.24) is 0 Å². The van der Waals surface area contributed by atoms with Gasteiger partial charge in [-0.2, -0.15) is 0 Å². The van der Waals surface area contributed by atoms with Crippen LogP contribution < -0.4 is 0 Å². The van der Waals surface area contributed by atoms with Crippen LogP contribution in [0.1, 0.15) is 51.9 Å². The van der Waals surface area contributed by atoms with Gasteiger partial charge in [0.1, 0.15) is 0 Å². The average molecular weight is 256 g/mol. The summed E-state index contributed by atoms with van der Waals surface area (Å²) in [6.07, 6.45) is 10.00. The molecule has 4 heteroatoms. The van der Waals surface area contributed by atoms with Crippen LogP contribution in [0.5, 0.6) is 0 Å². The first-order valence-electron chi connectivity index (χ1n) is 6.60. The van der Waals surface area contributed by atoms with Gasteiger partial charge < -0.3 is 9.47 Å². The van der Waals surface area contributed by atoms with E-state index in [1.807, 2.05) is 6.08 Å². The summed E-state index contributed by atoms with van der Waals surface area (Å²) in [5.74, 6) is -0.400. The van der Waals surface area contributed by atoms with E-state index in [1.165, 1.54) is 13.2 Å². The SMILES string of the molecule is CCOC(=O)/C=C\CCCCCCCC(=O)OC. The number of ether oxygens (including phenoxy) is 2. The standard InChI is InChI=1S/C14H24O4/c1-3-18-14(16)12-10-8-6-4-5-7-9-11-13(15)17-2/h10,12H,3-9,11H2,1-2H3/b12-10-. The molecule has 0 unspecified atom stereocenters. The Balaban J connectivity index is 3.26. The first-order valence-corrected chi connectivity index (χ1v) is 6.60. The van der Waals surface area contributed by atoms with Crippen molar-refractivity contribution < 1.29 is 19.1 Å². The Morgan fingerprint density at radius 3 is 2.39 bits per heavy atom. The fourth-order valence-corrected chi connectivity index (χ4v) is 1.53. The third-order valence-corrected chi connectivity index (χ3v) is 2.52. The molecule has 0 radical (unpaired) electrons. The van der Waals surface area contributed by atoms with Crippen LogP contribution in [0.2, 0.25) is 0 Å². The maximum Gasteiger partial charge on any atom is 0.330 e. The van der Waals surface area contributed by atoms with E-state index in [-0.39, 0.29) is 11.9 Å². The molecule has 0 aliphatic carbocycles. The molecular weight excluding hydrogens is 232 g/mol. The molecule has 0 spiro atoms. The second-order valence-electron chi connectivity index (χ2n) is 4.04. The fraction of sp³-hybridized carbons (Fsp3) is 0.714. The number of carbonyl (C=O) groups excluding carboxylic acids is 2. The number of hydrogen-bond acceptors (Lipinski definition) is 4. The predicted molar refractivity (Wildman–Crippen MR) is 70.1 cm³/mol. The molecule has 0 amide bonds. The molecule has 0 saturated heterocycles. The molecule has 0 aromatic carbocycles. The second-order valence-corrected chi connectivity index (χ2v) is 4.04. The number of rotatable bonds is 10. The van der Waals surface area contributed by atoms with E-state index in [2.05, 4.69) is 4.74 Å². The molecule has 0 aromatic heterocycles. The van der Waals surface area contributed by atoms with Gasteiger partial charge in [0.05, 0.1) is 13.7 Å². The van der Waals surface area contributed by atoms with E-state index in [9.17, 15) is 9.59 Å². The molecule has 0 fully saturated rings. The molecule has 0 aliphatic heterocycles. The summed E-state index contributed by atoms with van der Waals surface area (Å²) in [6.45, 7) is 2.21. The lowest BCUT2D eigenvalue weighted by Crippen LogP contribution is -1.99. The van der Waals surface area contributed by atoms with Crippen molar-refractivity contribution in [2.45, 2.75) is 51.9 Å². The molecule has 0 heterocycles. The van der Waals surface area contributed by atoms with Crippen molar-refractivity contribution in [2.75, 3.05) is 13.7 Å². The summed E-state index contributed by atoms with van der Waals surface area (Å²) in [4.78, 5) is 21.8. The molecule has 104 valence electrons. The first-order chi connectivity index (χ1) is 8.70. The van der Waals surface area contributed by atoms with Gasteiger partial charge in [-0.05, 0) is 26.2 Å². The number of esters is 2. The summed E-state index contributed by atoms with van der Waals surface area (Å²) >= 11 is 0. The highest BCUT2D eigenvalue weighted by molar-refractivity contribution is 5.81. The Morgan fingerprint density at radius 1 is 1.06 bits per heavy atom. The number of allylic oxidation sites excluding steroid dienone is 1. The minimum Gasteiger partial charge on any atom is -0.469 e. The van der Waals surface area contributed by atoms with Crippen molar-refractivity contribution in [3.63, 3.8) is 0 Å². The fourth-order valence-electron chi connectivity index (χ4n) is 1.53. The lowest BCUT2D eigenvalue weighted by atomic mass is 10.1. The third kappa shape index (κ3) is 11.2. The minimum atomic E-state index is -0.268. The number of unbranched alkanes of at least 4 members (excludes halogenated alkanes) is 5. The van der Waals surface area contributed by atoms with Crippen LogP contribution in [-0.4, -0.2) is 25.7 Å². The lowest BCUT2D eigenvalue weighted by molar-refractivity contribution is -0.140. The topological polar surface area (TPSA) is 52.6 Å². The van der Waals surface area contributed by atoms with Gasteiger partial charge in [0.25, 0.3) is 0 Å². The Bertz CT molecular complexity index is 259. The van der Waals surface area contributed by atoms with Crippen LogP contribution in [0.3, 0.4) is 0 Å².